The Kier molecular flexibility index (Phi) is 19.5. The van der Waals surface area contributed by atoms with Gasteiger partial charge in [-0.25, -0.2) is 0 Å². The lowest BCUT2D eigenvalue weighted by atomic mass is 10.3. The molecule has 0 rings (SSSR count). The Morgan fingerprint density at radius 1 is 1.56 bits per heavy atom. The van der Waals surface area contributed by atoms with Crippen LogP contribution in [0.3, 0.4) is 0 Å². The van der Waals surface area contributed by atoms with Crippen LogP contribution in [0.4, 0.5) is 0 Å². The van der Waals surface area contributed by atoms with Crippen LogP contribution in [0.25, 0.3) is 0 Å². The third kappa shape index (κ3) is 37.3. The maximum atomic E-state index is 5.85. The first kappa shape index (κ1) is 11.2. The number of unbranched alkanes of at least 4 members (excludes halogenated alkanes) is 2. The molecule has 0 aliphatic rings. The molecular formula is C7H16N2. The zero-order valence-electron chi connectivity index (χ0n) is 6.11. The van der Waals surface area contributed by atoms with E-state index in [1.807, 2.05) is 0 Å². The molecule has 0 spiro atoms. The predicted molar refractivity (Wildman–Crippen MR) is 41.9 cm³/mol. The van der Waals surface area contributed by atoms with Gasteiger partial charge in [0.25, 0.3) is 0 Å². The fraction of sp³-hybridized carbons (Fsp3) is 0.714. The molecule has 0 unspecified atom stereocenters. The summed E-state index contributed by atoms with van der Waals surface area (Å²) in [6.07, 6.45) is 3.75. The van der Waals surface area contributed by atoms with Crippen molar-refractivity contribution in [2.45, 2.75) is 26.2 Å². The highest BCUT2D eigenvalue weighted by Crippen LogP contribution is 1.88. The summed E-state index contributed by atoms with van der Waals surface area (Å²) in [5, 5.41) is 5.85. The van der Waals surface area contributed by atoms with Crippen LogP contribution in [0.1, 0.15) is 26.2 Å². The maximum Gasteiger partial charge on any atom is -0.00773 e. The van der Waals surface area contributed by atoms with Crippen LogP contribution in [-0.4, -0.2) is 12.4 Å². The van der Waals surface area contributed by atoms with Crippen molar-refractivity contribution in [3.63, 3.8) is 0 Å². The quantitative estimate of drug-likeness (QED) is 0.440. The summed E-state index contributed by atoms with van der Waals surface area (Å²) in [5.74, 6) is 1.75. The third-order valence-electron chi connectivity index (χ3n) is 0.808. The van der Waals surface area contributed by atoms with Crippen molar-refractivity contribution < 1.29 is 0 Å². The summed E-state index contributed by atoms with van der Waals surface area (Å²) in [5.41, 5.74) is 5.21. The van der Waals surface area contributed by atoms with Crippen molar-refractivity contribution in [1.82, 2.24) is 0 Å². The van der Waals surface area contributed by atoms with Gasteiger partial charge in [0.15, 0.2) is 0 Å². The lowest BCUT2D eigenvalue weighted by molar-refractivity contribution is 0.727. The van der Waals surface area contributed by atoms with Gasteiger partial charge in [-0.3, -0.25) is 5.41 Å². The van der Waals surface area contributed by atoms with E-state index in [1.54, 1.807) is 5.87 Å². The highest BCUT2D eigenvalue weighted by Gasteiger charge is 1.75. The van der Waals surface area contributed by atoms with Crippen LogP contribution >= 0.6 is 0 Å². The summed E-state index contributed by atoms with van der Waals surface area (Å²) >= 11 is 0. The van der Waals surface area contributed by atoms with Gasteiger partial charge in [-0.1, -0.05) is 19.8 Å². The van der Waals surface area contributed by atoms with Crippen molar-refractivity contribution in [3.05, 3.63) is 6.58 Å². The largest absolute Gasteiger partial charge is 0.330 e. The summed E-state index contributed by atoms with van der Waals surface area (Å²) in [6, 6.07) is 0. The minimum atomic E-state index is 0.855. The van der Waals surface area contributed by atoms with Gasteiger partial charge in [0.05, 0.1) is 0 Å². The second-order valence-electron chi connectivity index (χ2n) is 1.67. The zero-order chi connectivity index (χ0) is 7.54. The minimum Gasteiger partial charge on any atom is -0.330 e. The zero-order valence-corrected chi connectivity index (χ0v) is 6.11. The van der Waals surface area contributed by atoms with Crippen LogP contribution in [0.5, 0.6) is 0 Å². The molecule has 2 nitrogen and oxygen atoms in total. The summed E-state index contributed by atoms with van der Waals surface area (Å²) in [6.45, 7) is 5.93. The molecule has 0 aromatic heterocycles. The smallest absolute Gasteiger partial charge is 0.00773 e. The summed E-state index contributed by atoms with van der Waals surface area (Å²) < 4.78 is 0. The highest BCUT2D eigenvalue weighted by molar-refractivity contribution is 5.41. The average Bonchev–Trinajstić information content (AvgIpc) is 1.86. The summed E-state index contributed by atoms with van der Waals surface area (Å²) in [7, 11) is 0. The van der Waals surface area contributed by atoms with Crippen molar-refractivity contribution in [3.8, 4) is 0 Å². The number of nitrogens with two attached hydrogens (primary N) is 1. The van der Waals surface area contributed by atoms with Crippen LogP contribution in [-0.2, 0) is 0 Å². The number of hydrogen-bond acceptors (Lipinski definition) is 2. The lowest BCUT2D eigenvalue weighted by Gasteiger charge is -1.86. The van der Waals surface area contributed by atoms with E-state index in [9.17, 15) is 0 Å². The summed E-state index contributed by atoms with van der Waals surface area (Å²) in [4.78, 5) is 0. The fourth-order valence-electron chi connectivity index (χ4n) is 0.394. The van der Waals surface area contributed by atoms with Gasteiger partial charge in [0, 0.05) is 0 Å². The Hall–Kier alpha value is -0.590. The number of nitrogens with one attached hydrogen (secondary N) is 1. The Morgan fingerprint density at radius 3 is 2.11 bits per heavy atom. The van der Waals surface area contributed by atoms with Crippen LogP contribution in [0.2, 0.25) is 0 Å². The molecular weight excluding hydrogens is 112 g/mol. The SMILES string of the molecule is C=C=N.CCCCCN. The van der Waals surface area contributed by atoms with Crippen molar-refractivity contribution in [1.29, 1.82) is 5.41 Å². The Morgan fingerprint density at radius 2 is 2.00 bits per heavy atom. The Bertz CT molecular complexity index is 59.3. The van der Waals surface area contributed by atoms with E-state index < -0.39 is 0 Å². The molecule has 0 amide bonds. The van der Waals surface area contributed by atoms with Gasteiger partial charge >= 0.3 is 0 Å². The normalized spacial score (nSPS) is 6.89. The van der Waals surface area contributed by atoms with E-state index in [4.69, 9.17) is 11.1 Å². The Balaban J connectivity index is 0. The molecule has 0 saturated carbocycles. The first-order valence-corrected chi connectivity index (χ1v) is 3.22. The average molecular weight is 128 g/mol. The molecule has 54 valence electrons. The molecule has 2 heteroatoms. The lowest BCUT2D eigenvalue weighted by Crippen LogP contribution is -1.96. The molecule has 0 saturated heterocycles. The molecule has 0 fully saturated rings. The molecule has 0 aliphatic carbocycles. The van der Waals surface area contributed by atoms with Gasteiger partial charge < -0.3 is 5.73 Å². The standard InChI is InChI=1S/C5H13N.C2H3N/c1-2-3-4-5-6;1-2-3/h2-6H2,1H3;3H,1H2. The minimum absolute atomic E-state index is 0.855. The molecule has 0 bridgehead atoms. The number of hydrogen-bond donors (Lipinski definition) is 2. The number of rotatable bonds is 3. The van der Waals surface area contributed by atoms with Crippen LogP contribution in [0, 0.1) is 5.41 Å². The van der Waals surface area contributed by atoms with Crippen molar-refractivity contribution in [2.75, 3.05) is 6.54 Å². The van der Waals surface area contributed by atoms with Gasteiger partial charge in [-0.05, 0) is 25.4 Å². The third-order valence-corrected chi connectivity index (χ3v) is 0.808. The molecule has 3 N–H and O–H groups in total. The second-order valence-corrected chi connectivity index (χ2v) is 1.67. The predicted octanol–water partition coefficient (Wildman–Crippen LogP) is 1.56. The second kappa shape index (κ2) is 15.7. The van der Waals surface area contributed by atoms with Crippen molar-refractivity contribution in [2.24, 2.45) is 5.73 Å². The van der Waals surface area contributed by atoms with Crippen LogP contribution in [0.15, 0.2) is 6.58 Å². The van der Waals surface area contributed by atoms with E-state index in [-0.39, 0.29) is 0 Å². The van der Waals surface area contributed by atoms with Gasteiger partial charge in [-0.2, -0.15) is 0 Å². The first-order chi connectivity index (χ1) is 4.33. The first-order valence-electron chi connectivity index (χ1n) is 3.22. The topological polar surface area (TPSA) is 49.9 Å². The van der Waals surface area contributed by atoms with E-state index >= 15 is 0 Å². The molecule has 0 radical (unpaired) electrons. The van der Waals surface area contributed by atoms with Gasteiger partial charge in [-0.15, -0.1) is 0 Å². The molecule has 0 heterocycles. The molecule has 0 aromatic rings. The molecule has 0 aromatic carbocycles. The van der Waals surface area contributed by atoms with E-state index in [2.05, 4.69) is 13.5 Å². The van der Waals surface area contributed by atoms with Gasteiger partial charge in [0.2, 0.25) is 0 Å². The van der Waals surface area contributed by atoms with E-state index in [1.165, 1.54) is 19.3 Å². The van der Waals surface area contributed by atoms with Crippen LogP contribution < -0.4 is 5.73 Å². The highest BCUT2D eigenvalue weighted by atomic mass is 14.5. The van der Waals surface area contributed by atoms with E-state index in [0.29, 0.717) is 0 Å². The van der Waals surface area contributed by atoms with Gasteiger partial charge in [0.1, 0.15) is 0 Å². The monoisotopic (exact) mass is 128 g/mol. The van der Waals surface area contributed by atoms with E-state index in [0.717, 1.165) is 6.54 Å². The molecule has 0 atom stereocenters. The molecule has 9 heavy (non-hydrogen) atoms. The Labute approximate surface area is 57.3 Å². The maximum absolute atomic E-state index is 5.85. The fourth-order valence-corrected chi connectivity index (χ4v) is 0.394. The van der Waals surface area contributed by atoms with Crippen molar-refractivity contribution >= 4 is 5.87 Å². The molecule has 0 aliphatic heterocycles.